The Morgan fingerprint density at radius 2 is 2.07 bits per heavy atom. The van der Waals surface area contributed by atoms with E-state index in [1.165, 1.54) is 0 Å². The van der Waals surface area contributed by atoms with Crippen LogP contribution >= 0.6 is 11.6 Å². The van der Waals surface area contributed by atoms with Gasteiger partial charge >= 0.3 is 0 Å². The predicted octanol–water partition coefficient (Wildman–Crippen LogP) is 1.62. The number of aliphatic hydroxyl groups excluding tert-OH is 1. The number of rotatable bonds is 2. The molecular weight excluding hydrogens is 202 g/mol. The normalized spacial score (nSPS) is 10.4. The van der Waals surface area contributed by atoms with Gasteiger partial charge in [-0.1, -0.05) is 29.8 Å². The molecule has 1 heterocycles. The lowest BCUT2D eigenvalue weighted by atomic mass is 10.1. The summed E-state index contributed by atoms with van der Waals surface area (Å²) in [5.41, 5.74) is 1.86. The molecule has 0 aliphatic heterocycles. The van der Waals surface area contributed by atoms with Crippen molar-refractivity contribution in [1.82, 2.24) is 15.4 Å². The van der Waals surface area contributed by atoms with E-state index in [9.17, 15) is 0 Å². The van der Waals surface area contributed by atoms with Gasteiger partial charge in [0.15, 0.2) is 0 Å². The molecule has 14 heavy (non-hydrogen) atoms. The fourth-order valence-electron chi connectivity index (χ4n) is 1.23. The zero-order valence-corrected chi connectivity index (χ0v) is 7.99. The minimum absolute atomic E-state index is 0.156. The third-order valence-corrected chi connectivity index (χ3v) is 2.23. The zero-order valence-electron chi connectivity index (χ0n) is 7.24. The first-order valence-electron chi connectivity index (χ1n) is 4.08. The van der Waals surface area contributed by atoms with Crippen LogP contribution in [0.3, 0.4) is 0 Å². The molecule has 1 aromatic heterocycles. The van der Waals surface area contributed by atoms with E-state index in [0.29, 0.717) is 16.4 Å². The summed E-state index contributed by atoms with van der Waals surface area (Å²) < 4.78 is 0. The molecule has 2 aromatic rings. The Morgan fingerprint density at radius 3 is 2.79 bits per heavy atom. The van der Waals surface area contributed by atoms with E-state index in [1.807, 2.05) is 18.2 Å². The van der Waals surface area contributed by atoms with Crippen LogP contribution in [-0.2, 0) is 6.61 Å². The molecule has 0 bridgehead atoms. The number of benzene rings is 1. The van der Waals surface area contributed by atoms with E-state index < -0.39 is 0 Å². The summed E-state index contributed by atoms with van der Waals surface area (Å²) in [5.74, 6) is 0. The fraction of sp³-hybridized carbons (Fsp3) is 0.111. The first-order valence-corrected chi connectivity index (χ1v) is 4.46. The first-order chi connectivity index (χ1) is 6.83. The minimum atomic E-state index is -0.156. The number of nitrogens with one attached hydrogen (secondary N) is 1. The number of hydrogen-bond donors (Lipinski definition) is 2. The number of aliphatic hydroxyl groups is 1. The SMILES string of the molecule is OCc1n[nH]nc1-c1ccccc1Cl. The molecule has 72 valence electrons. The van der Waals surface area contributed by atoms with Crippen LogP contribution in [0.5, 0.6) is 0 Å². The number of aromatic amines is 1. The molecule has 0 amide bonds. The lowest BCUT2D eigenvalue weighted by Crippen LogP contribution is -1.88. The molecule has 1 aromatic carbocycles. The van der Waals surface area contributed by atoms with Gasteiger partial charge in [-0.3, -0.25) is 0 Å². The Hall–Kier alpha value is -1.39. The van der Waals surface area contributed by atoms with Crippen molar-refractivity contribution in [2.45, 2.75) is 6.61 Å². The van der Waals surface area contributed by atoms with Gasteiger partial charge in [-0.25, -0.2) is 0 Å². The van der Waals surface area contributed by atoms with Crippen LogP contribution in [0.2, 0.25) is 5.02 Å². The molecule has 0 fully saturated rings. The van der Waals surface area contributed by atoms with Gasteiger partial charge in [0.25, 0.3) is 0 Å². The number of aromatic nitrogens is 3. The molecule has 0 aliphatic rings. The largest absolute Gasteiger partial charge is 0.390 e. The Labute approximate surface area is 85.5 Å². The quantitative estimate of drug-likeness (QED) is 0.790. The topological polar surface area (TPSA) is 61.8 Å². The van der Waals surface area contributed by atoms with Gasteiger partial charge in [0, 0.05) is 5.56 Å². The van der Waals surface area contributed by atoms with Crippen molar-refractivity contribution < 1.29 is 5.11 Å². The zero-order chi connectivity index (χ0) is 9.97. The van der Waals surface area contributed by atoms with E-state index in [1.54, 1.807) is 6.07 Å². The lowest BCUT2D eigenvalue weighted by Gasteiger charge is -2.00. The molecule has 0 spiro atoms. The summed E-state index contributed by atoms with van der Waals surface area (Å²) in [4.78, 5) is 0. The number of nitrogens with zero attached hydrogens (tertiary/aromatic N) is 2. The highest BCUT2D eigenvalue weighted by atomic mass is 35.5. The summed E-state index contributed by atoms with van der Waals surface area (Å²) in [6.07, 6.45) is 0. The van der Waals surface area contributed by atoms with Gasteiger partial charge in [0.1, 0.15) is 11.4 Å². The molecule has 2 rings (SSSR count). The number of hydrogen-bond acceptors (Lipinski definition) is 3. The molecular formula is C9H8ClN3O. The summed E-state index contributed by atoms with van der Waals surface area (Å²) in [6.45, 7) is -0.156. The summed E-state index contributed by atoms with van der Waals surface area (Å²) >= 11 is 5.98. The van der Waals surface area contributed by atoms with Gasteiger partial charge in [0.05, 0.1) is 11.6 Å². The van der Waals surface area contributed by atoms with E-state index >= 15 is 0 Å². The smallest absolute Gasteiger partial charge is 0.119 e. The van der Waals surface area contributed by atoms with Crippen LogP contribution in [0.25, 0.3) is 11.3 Å². The highest BCUT2D eigenvalue weighted by molar-refractivity contribution is 6.33. The standard InChI is InChI=1S/C9H8ClN3O/c10-7-4-2-1-3-6(7)9-8(5-14)11-13-12-9/h1-4,14H,5H2,(H,11,12,13). The predicted molar refractivity (Wildman–Crippen MR) is 52.8 cm³/mol. The molecule has 4 nitrogen and oxygen atoms in total. The second-order valence-electron chi connectivity index (χ2n) is 2.76. The average molecular weight is 210 g/mol. The Bertz CT molecular complexity index is 441. The molecule has 5 heteroatoms. The fourth-order valence-corrected chi connectivity index (χ4v) is 1.46. The third kappa shape index (κ3) is 1.49. The van der Waals surface area contributed by atoms with Crippen molar-refractivity contribution in [3.05, 3.63) is 35.0 Å². The average Bonchev–Trinajstić information content (AvgIpc) is 2.66. The molecule has 0 saturated carbocycles. The molecule has 0 unspecified atom stereocenters. The Morgan fingerprint density at radius 1 is 1.29 bits per heavy atom. The van der Waals surface area contributed by atoms with Crippen molar-refractivity contribution >= 4 is 11.6 Å². The van der Waals surface area contributed by atoms with Crippen LogP contribution in [0.15, 0.2) is 24.3 Å². The van der Waals surface area contributed by atoms with Crippen LogP contribution in [-0.4, -0.2) is 20.5 Å². The molecule has 0 atom stereocenters. The minimum Gasteiger partial charge on any atom is -0.390 e. The van der Waals surface area contributed by atoms with Crippen molar-refractivity contribution in [1.29, 1.82) is 0 Å². The van der Waals surface area contributed by atoms with Crippen LogP contribution in [0.4, 0.5) is 0 Å². The van der Waals surface area contributed by atoms with Gasteiger partial charge in [-0.15, -0.1) is 0 Å². The van der Waals surface area contributed by atoms with Gasteiger partial charge in [0.2, 0.25) is 0 Å². The second-order valence-corrected chi connectivity index (χ2v) is 3.16. The first kappa shape index (κ1) is 9.18. The molecule has 0 saturated heterocycles. The van der Waals surface area contributed by atoms with Crippen molar-refractivity contribution in [3.8, 4) is 11.3 Å². The molecule has 0 aliphatic carbocycles. The summed E-state index contributed by atoms with van der Waals surface area (Å²) in [6, 6.07) is 7.30. The van der Waals surface area contributed by atoms with E-state index in [0.717, 1.165) is 5.56 Å². The molecule has 2 N–H and O–H groups in total. The van der Waals surface area contributed by atoms with Crippen LogP contribution in [0.1, 0.15) is 5.69 Å². The van der Waals surface area contributed by atoms with E-state index in [4.69, 9.17) is 16.7 Å². The van der Waals surface area contributed by atoms with Crippen molar-refractivity contribution in [2.75, 3.05) is 0 Å². The number of halogens is 1. The van der Waals surface area contributed by atoms with E-state index in [-0.39, 0.29) is 6.61 Å². The van der Waals surface area contributed by atoms with Gasteiger partial charge in [-0.2, -0.15) is 15.4 Å². The summed E-state index contributed by atoms with van der Waals surface area (Å²) in [7, 11) is 0. The van der Waals surface area contributed by atoms with Gasteiger partial charge in [-0.05, 0) is 6.07 Å². The number of H-pyrrole nitrogens is 1. The maximum absolute atomic E-state index is 8.99. The van der Waals surface area contributed by atoms with Crippen LogP contribution in [0, 0.1) is 0 Å². The van der Waals surface area contributed by atoms with Gasteiger partial charge < -0.3 is 5.11 Å². The summed E-state index contributed by atoms with van der Waals surface area (Å²) in [5, 5.41) is 19.8. The monoisotopic (exact) mass is 209 g/mol. The molecule has 0 radical (unpaired) electrons. The highest BCUT2D eigenvalue weighted by Crippen LogP contribution is 2.27. The highest BCUT2D eigenvalue weighted by Gasteiger charge is 2.11. The van der Waals surface area contributed by atoms with Crippen LogP contribution < -0.4 is 0 Å². The van der Waals surface area contributed by atoms with Crippen molar-refractivity contribution in [2.24, 2.45) is 0 Å². The maximum atomic E-state index is 8.99. The third-order valence-electron chi connectivity index (χ3n) is 1.90. The second kappa shape index (κ2) is 3.77. The Balaban J connectivity index is 2.54. The maximum Gasteiger partial charge on any atom is 0.119 e. The lowest BCUT2D eigenvalue weighted by molar-refractivity contribution is 0.277. The Kier molecular flexibility index (Phi) is 2.47. The van der Waals surface area contributed by atoms with Crippen molar-refractivity contribution in [3.63, 3.8) is 0 Å². The van der Waals surface area contributed by atoms with E-state index in [2.05, 4.69) is 15.4 Å².